The summed E-state index contributed by atoms with van der Waals surface area (Å²) in [7, 11) is -1.69. The number of nitrogens with zero attached hydrogens (tertiary/aromatic N) is 2. The number of rotatable bonds is 7. The molecular formula is C18H26ClN3O4S. The molecule has 7 nitrogen and oxygen atoms in total. The van der Waals surface area contributed by atoms with E-state index in [4.69, 9.17) is 11.6 Å². The van der Waals surface area contributed by atoms with Crippen molar-refractivity contribution in [1.82, 2.24) is 14.5 Å². The van der Waals surface area contributed by atoms with E-state index in [1.807, 2.05) is 0 Å². The van der Waals surface area contributed by atoms with Crippen LogP contribution in [-0.2, 0) is 14.8 Å². The van der Waals surface area contributed by atoms with E-state index in [1.165, 1.54) is 11.4 Å². The molecule has 1 fully saturated rings. The summed E-state index contributed by atoms with van der Waals surface area (Å²) in [6.45, 7) is 1.77. The van der Waals surface area contributed by atoms with Gasteiger partial charge in [0, 0.05) is 43.8 Å². The number of carbonyl (C=O) groups is 2. The van der Waals surface area contributed by atoms with Gasteiger partial charge in [0.15, 0.2) is 0 Å². The highest BCUT2D eigenvalue weighted by atomic mass is 35.5. The third-order valence-electron chi connectivity index (χ3n) is 4.69. The van der Waals surface area contributed by atoms with Crippen LogP contribution in [0.5, 0.6) is 0 Å². The fraction of sp³-hybridized carbons (Fsp3) is 0.556. The average Bonchev–Trinajstić information content (AvgIpc) is 2.64. The summed E-state index contributed by atoms with van der Waals surface area (Å²) in [6, 6.07) is 6.73. The van der Waals surface area contributed by atoms with Crippen LogP contribution in [0.2, 0.25) is 5.02 Å². The third-order valence-corrected chi connectivity index (χ3v) is 6.25. The predicted octanol–water partition coefficient (Wildman–Crippen LogP) is 1.59. The van der Waals surface area contributed by atoms with Crippen molar-refractivity contribution in [3.05, 3.63) is 34.9 Å². The summed E-state index contributed by atoms with van der Waals surface area (Å²) in [4.78, 5) is 26.7. The van der Waals surface area contributed by atoms with E-state index in [-0.39, 0.29) is 17.7 Å². The van der Waals surface area contributed by atoms with Crippen LogP contribution in [0.3, 0.4) is 0 Å². The lowest BCUT2D eigenvalue weighted by Gasteiger charge is -2.32. The van der Waals surface area contributed by atoms with Crippen molar-refractivity contribution >= 4 is 33.4 Å². The third kappa shape index (κ3) is 6.48. The second-order valence-electron chi connectivity index (χ2n) is 6.83. The fourth-order valence-electron chi connectivity index (χ4n) is 2.97. The predicted molar refractivity (Wildman–Crippen MR) is 105 cm³/mol. The molecule has 2 rings (SSSR count). The number of piperidine rings is 1. The molecule has 27 heavy (non-hydrogen) atoms. The van der Waals surface area contributed by atoms with Gasteiger partial charge in [0.05, 0.1) is 12.2 Å². The van der Waals surface area contributed by atoms with Crippen molar-refractivity contribution in [2.24, 2.45) is 5.92 Å². The molecule has 0 aromatic heterocycles. The summed E-state index contributed by atoms with van der Waals surface area (Å²) >= 11 is 5.86. The summed E-state index contributed by atoms with van der Waals surface area (Å²) in [6.07, 6.45) is 3.20. The SMILES string of the molecule is CN(CCCNC(=O)C1CCCN(C(=O)c2ccc(Cl)cc2)C1)S(C)(=O)=O. The highest BCUT2D eigenvalue weighted by Gasteiger charge is 2.28. The van der Waals surface area contributed by atoms with Crippen molar-refractivity contribution in [3.63, 3.8) is 0 Å². The van der Waals surface area contributed by atoms with Gasteiger partial charge in [-0.2, -0.15) is 0 Å². The number of hydrogen-bond donors (Lipinski definition) is 1. The first-order valence-corrected chi connectivity index (χ1v) is 11.1. The quantitative estimate of drug-likeness (QED) is 0.685. The molecule has 1 N–H and O–H groups in total. The van der Waals surface area contributed by atoms with Gasteiger partial charge in [-0.05, 0) is 43.5 Å². The molecule has 9 heteroatoms. The molecule has 2 amide bonds. The zero-order valence-electron chi connectivity index (χ0n) is 15.7. The highest BCUT2D eigenvalue weighted by Crippen LogP contribution is 2.20. The molecule has 1 unspecified atom stereocenters. The molecule has 0 aliphatic carbocycles. The van der Waals surface area contributed by atoms with E-state index in [1.54, 1.807) is 29.2 Å². The van der Waals surface area contributed by atoms with Crippen LogP contribution in [0.4, 0.5) is 0 Å². The van der Waals surface area contributed by atoms with Crippen molar-refractivity contribution in [2.45, 2.75) is 19.3 Å². The van der Waals surface area contributed by atoms with E-state index in [0.717, 1.165) is 19.1 Å². The van der Waals surface area contributed by atoms with Gasteiger partial charge in [-0.1, -0.05) is 11.6 Å². The van der Waals surface area contributed by atoms with Gasteiger partial charge in [0.2, 0.25) is 15.9 Å². The van der Waals surface area contributed by atoms with Crippen molar-refractivity contribution in [3.8, 4) is 0 Å². The molecule has 1 heterocycles. The number of likely N-dealkylation sites (tertiary alicyclic amines) is 1. The molecule has 150 valence electrons. The monoisotopic (exact) mass is 415 g/mol. The summed E-state index contributed by atoms with van der Waals surface area (Å²) in [5.74, 6) is -0.438. The first-order chi connectivity index (χ1) is 12.7. The summed E-state index contributed by atoms with van der Waals surface area (Å²) in [5.41, 5.74) is 0.560. The van der Waals surface area contributed by atoms with Crippen LogP contribution in [-0.4, -0.2) is 68.9 Å². The zero-order valence-corrected chi connectivity index (χ0v) is 17.2. The van der Waals surface area contributed by atoms with Gasteiger partial charge >= 0.3 is 0 Å². The molecule has 0 saturated carbocycles. The molecule has 0 spiro atoms. The minimum absolute atomic E-state index is 0.0920. The van der Waals surface area contributed by atoms with Crippen LogP contribution in [0.15, 0.2) is 24.3 Å². The smallest absolute Gasteiger partial charge is 0.253 e. The van der Waals surface area contributed by atoms with Gasteiger partial charge < -0.3 is 10.2 Å². The average molecular weight is 416 g/mol. The van der Waals surface area contributed by atoms with E-state index in [9.17, 15) is 18.0 Å². The number of sulfonamides is 1. The molecular weight excluding hydrogens is 390 g/mol. The van der Waals surface area contributed by atoms with Crippen LogP contribution in [0, 0.1) is 5.92 Å². The van der Waals surface area contributed by atoms with Gasteiger partial charge in [-0.25, -0.2) is 12.7 Å². The molecule has 1 atom stereocenters. The van der Waals surface area contributed by atoms with Gasteiger partial charge in [-0.3, -0.25) is 9.59 Å². The first-order valence-electron chi connectivity index (χ1n) is 8.92. The van der Waals surface area contributed by atoms with Gasteiger partial charge in [0.1, 0.15) is 0 Å². The maximum atomic E-state index is 12.6. The second-order valence-corrected chi connectivity index (χ2v) is 9.35. The van der Waals surface area contributed by atoms with Crippen molar-refractivity contribution < 1.29 is 18.0 Å². The maximum Gasteiger partial charge on any atom is 0.253 e. The van der Waals surface area contributed by atoms with E-state index >= 15 is 0 Å². The Morgan fingerprint density at radius 2 is 1.96 bits per heavy atom. The fourth-order valence-corrected chi connectivity index (χ4v) is 3.56. The molecule has 0 bridgehead atoms. The van der Waals surface area contributed by atoms with Gasteiger partial charge in [-0.15, -0.1) is 0 Å². The molecule has 1 saturated heterocycles. The van der Waals surface area contributed by atoms with Crippen molar-refractivity contribution in [2.75, 3.05) is 39.5 Å². The Labute approximate surface area is 165 Å². The Hall–Kier alpha value is -1.64. The second kappa shape index (κ2) is 9.52. The van der Waals surface area contributed by atoms with Crippen LogP contribution < -0.4 is 5.32 Å². The Balaban J connectivity index is 1.81. The lowest BCUT2D eigenvalue weighted by molar-refractivity contribution is -0.126. The Morgan fingerprint density at radius 3 is 2.59 bits per heavy atom. The van der Waals surface area contributed by atoms with E-state index in [0.29, 0.717) is 43.2 Å². The number of amides is 2. The lowest BCUT2D eigenvalue weighted by Crippen LogP contribution is -2.45. The van der Waals surface area contributed by atoms with Gasteiger partial charge in [0.25, 0.3) is 5.91 Å². The topological polar surface area (TPSA) is 86.8 Å². The maximum absolute atomic E-state index is 12.6. The molecule has 1 aromatic carbocycles. The lowest BCUT2D eigenvalue weighted by atomic mass is 9.96. The highest BCUT2D eigenvalue weighted by molar-refractivity contribution is 7.88. The van der Waals surface area contributed by atoms with Crippen LogP contribution in [0.25, 0.3) is 0 Å². The Bertz CT molecular complexity index is 767. The largest absolute Gasteiger partial charge is 0.356 e. The van der Waals surface area contributed by atoms with E-state index < -0.39 is 10.0 Å². The minimum Gasteiger partial charge on any atom is -0.356 e. The standard InChI is InChI=1S/C18H26ClN3O4S/c1-21(27(2,25)26)11-4-10-20-17(23)15-5-3-12-22(13-15)18(24)14-6-8-16(19)9-7-14/h6-9,15H,3-5,10-13H2,1-2H3,(H,20,23). The van der Waals surface area contributed by atoms with E-state index in [2.05, 4.69) is 5.32 Å². The number of hydrogen-bond acceptors (Lipinski definition) is 4. The molecule has 1 aromatic rings. The van der Waals surface area contributed by atoms with Crippen LogP contribution >= 0.6 is 11.6 Å². The number of carbonyl (C=O) groups excluding carboxylic acids is 2. The number of halogens is 1. The molecule has 1 aliphatic rings. The summed E-state index contributed by atoms with van der Waals surface area (Å²) in [5, 5.41) is 3.42. The summed E-state index contributed by atoms with van der Waals surface area (Å²) < 4.78 is 23.9. The first kappa shape index (κ1) is 21.7. The van der Waals surface area contributed by atoms with Crippen molar-refractivity contribution in [1.29, 1.82) is 0 Å². The normalized spacial score (nSPS) is 17.8. The number of benzene rings is 1. The minimum atomic E-state index is -3.20. The molecule has 1 aliphatic heterocycles. The Morgan fingerprint density at radius 1 is 1.30 bits per heavy atom. The number of nitrogens with one attached hydrogen (secondary N) is 1. The Kier molecular flexibility index (Phi) is 7.64. The molecule has 0 radical (unpaired) electrons. The zero-order chi connectivity index (χ0) is 20.0. The van der Waals surface area contributed by atoms with Crippen LogP contribution in [0.1, 0.15) is 29.6 Å².